The van der Waals surface area contributed by atoms with Crippen LogP contribution in [-0.2, 0) is 11.3 Å². The average Bonchev–Trinajstić information content (AvgIpc) is 2.79. The third-order valence-electron chi connectivity index (χ3n) is 4.73. The van der Waals surface area contributed by atoms with Crippen LogP contribution in [0.2, 0.25) is 5.02 Å². The second-order valence-corrected chi connectivity index (χ2v) is 7.26. The molecule has 2 amide bonds. The number of hydrogen-bond acceptors (Lipinski definition) is 4. The number of hydrogen-bond donors (Lipinski definition) is 2. The first kappa shape index (κ1) is 20.5. The van der Waals surface area contributed by atoms with E-state index in [1.807, 2.05) is 24.3 Å². The van der Waals surface area contributed by atoms with Gasteiger partial charge in [-0.2, -0.15) is 0 Å². The number of halogens is 1. The minimum absolute atomic E-state index is 0.156. The summed E-state index contributed by atoms with van der Waals surface area (Å²) in [5.74, 6) is 0.651. The Kier molecular flexibility index (Phi) is 5.91. The standard InChI is InChI=1S/C24H19ClN2O4/c1-30-20-5-3-2-4-17(20)14-26-23(28)16-8-11-21-19(13-16)27-24(29)22(31-21)12-15-6-9-18(25)10-7-15/h2-13H,14H2,1H3,(H,26,28)(H,27,29). The number of rotatable bonds is 5. The molecule has 0 saturated heterocycles. The monoisotopic (exact) mass is 434 g/mol. The molecule has 1 aliphatic rings. The molecule has 0 atom stereocenters. The van der Waals surface area contributed by atoms with E-state index < -0.39 is 5.91 Å². The molecule has 3 aromatic rings. The number of carbonyl (C=O) groups is 2. The van der Waals surface area contributed by atoms with Gasteiger partial charge in [-0.25, -0.2) is 0 Å². The maximum Gasteiger partial charge on any atom is 0.291 e. The Bertz CT molecular complexity index is 1170. The first-order chi connectivity index (χ1) is 15.0. The van der Waals surface area contributed by atoms with Gasteiger partial charge < -0.3 is 20.1 Å². The summed E-state index contributed by atoms with van der Waals surface area (Å²) >= 11 is 5.89. The van der Waals surface area contributed by atoms with Crippen molar-refractivity contribution in [3.63, 3.8) is 0 Å². The molecule has 0 fully saturated rings. The van der Waals surface area contributed by atoms with E-state index in [9.17, 15) is 9.59 Å². The lowest BCUT2D eigenvalue weighted by atomic mass is 10.1. The Morgan fingerprint density at radius 3 is 2.68 bits per heavy atom. The number of fused-ring (bicyclic) bond motifs is 1. The summed E-state index contributed by atoms with van der Waals surface area (Å²) in [4.78, 5) is 25.0. The number of amides is 2. The molecule has 0 radical (unpaired) electrons. The summed E-state index contributed by atoms with van der Waals surface area (Å²) in [6.45, 7) is 0.316. The molecule has 156 valence electrons. The van der Waals surface area contributed by atoms with Crippen LogP contribution in [0.5, 0.6) is 11.5 Å². The number of methoxy groups -OCH3 is 1. The topological polar surface area (TPSA) is 76.7 Å². The lowest BCUT2D eigenvalue weighted by Gasteiger charge is -2.20. The average molecular weight is 435 g/mol. The Balaban J connectivity index is 1.48. The van der Waals surface area contributed by atoms with E-state index in [1.54, 1.807) is 55.7 Å². The minimum Gasteiger partial charge on any atom is -0.496 e. The van der Waals surface area contributed by atoms with Crippen LogP contribution in [0, 0.1) is 0 Å². The molecular weight excluding hydrogens is 416 g/mol. The molecule has 2 N–H and O–H groups in total. The first-order valence-electron chi connectivity index (χ1n) is 9.54. The van der Waals surface area contributed by atoms with Crippen LogP contribution in [-0.4, -0.2) is 18.9 Å². The number of nitrogens with one attached hydrogen (secondary N) is 2. The second kappa shape index (κ2) is 8.93. The van der Waals surface area contributed by atoms with Crippen LogP contribution in [0.3, 0.4) is 0 Å². The number of benzene rings is 3. The van der Waals surface area contributed by atoms with Gasteiger partial charge in [0.15, 0.2) is 11.5 Å². The summed E-state index contributed by atoms with van der Waals surface area (Å²) in [5, 5.41) is 6.24. The summed E-state index contributed by atoms with van der Waals surface area (Å²) in [5.41, 5.74) is 2.49. The SMILES string of the molecule is COc1ccccc1CNC(=O)c1ccc2c(c1)NC(=O)C(=Cc1ccc(Cl)cc1)O2. The predicted molar refractivity (Wildman–Crippen MR) is 119 cm³/mol. The van der Waals surface area contributed by atoms with E-state index in [0.29, 0.717) is 34.3 Å². The molecule has 3 aromatic carbocycles. The molecule has 6 nitrogen and oxygen atoms in total. The quantitative estimate of drug-likeness (QED) is 0.573. The van der Waals surface area contributed by atoms with E-state index in [1.165, 1.54) is 0 Å². The molecule has 0 unspecified atom stereocenters. The van der Waals surface area contributed by atoms with E-state index in [4.69, 9.17) is 21.1 Å². The van der Waals surface area contributed by atoms with Crippen molar-refractivity contribution < 1.29 is 19.1 Å². The highest BCUT2D eigenvalue weighted by Crippen LogP contribution is 2.32. The van der Waals surface area contributed by atoms with Crippen molar-refractivity contribution in [1.29, 1.82) is 0 Å². The van der Waals surface area contributed by atoms with Crippen LogP contribution >= 0.6 is 11.6 Å². The number of ether oxygens (including phenoxy) is 2. The van der Waals surface area contributed by atoms with Crippen molar-refractivity contribution in [2.45, 2.75) is 6.54 Å². The zero-order chi connectivity index (χ0) is 21.8. The molecule has 31 heavy (non-hydrogen) atoms. The maximum absolute atomic E-state index is 12.6. The zero-order valence-corrected chi connectivity index (χ0v) is 17.4. The fraction of sp³-hybridized carbons (Fsp3) is 0.0833. The second-order valence-electron chi connectivity index (χ2n) is 6.82. The Hall–Kier alpha value is -3.77. The van der Waals surface area contributed by atoms with Crippen LogP contribution in [0.4, 0.5) is 5.69 Å². The van der Waals surface area contributed by atoms with Crippen molar-refractivity contribution >= 4 is 35.2 Å². The number of carbonyl (C=O) groups excluding carboxylic acids is 2. The summed E-state index contributed by atoms with van der Waals surface area (Å²) in [6.07, 6.45) is 1.63. The summed E-state index contributed by atoms with van der Waals surface area (Å²) < 4.78 is 11.0. The highest BCUT2D eigenvalue weighted by molar-refractivity contribution is 6.30. The van der Waals surface area contributed by atoms with Gasteiger partial charge in [0, 0.05) is 22.7 Å². The third-order valence-corrected chi connectivity index (χ3v) is 4.99. The van der Waals surface area contributed by atoms with Gasteiger partial charge in [0.1, 0.15) is 5.75 Å². The molecule has 0 bridgehead atoms. The maximum atomic E-state index is 12.6. The lowest BCUT2D eigenvalue weighted by Crippen LogP contribution is -2.26. The van der Waals surface area contributed by atoms with Crippen molar-refractivity contribution in [3.8, 4) is 11.5 Å². The van der Waals surface area contributed by atoms with Crippen molar-refractivity contribution in [1.82, 2.24) is 5.32 Å². The van der Waals surface area contributed by atoms with Crippen molar-refractivity contribution in [3.05, 3.63) is 94.2 Å². The summed E-state index contributed by atoms with van der Waals surface area (Å²) in [6, 6.07) is 19.4. The first-order valence-corrected chi connectivity index (χ1v) is 9.92. The van der Waals surface area contributed by atoms with Gasteiger partial charge in [-0.15, -0.1) is 0 Å². The normalized spacial score (nSPS) is 13.7. The van der Waals surface area contributed by atoms with Crippen molar-refractivity contribution in [2.24, 2.45) is 0 Å². The smallest absolute Gasteiger partial charge is 0.291 e. The highest BCUT2D eigenvalue weighted by Gasteiger charge is 2.23. The fourth-order valence-corrected chi connectivity index (χ4v) is 3.26. The largest absolute Gasteiger partial charge is 0.496 e. The number of anilines is 1. The molecule has 0 spiro atoms. The molecule has 0 aliphatic carbocycles. The predicted octanol–water partition coefficient (Wildman–Crippen LogP) is 4.65. The van der Waals surface area contributed by atoms with E-state index in [-0.39, 0.29) is 11.7 Å². The lowest BCUT2D eigenvalue weighted by molar-refractivity contribution is -0.115. The molecule has 0 saturated carbocycles. The molecular formula is C24H19ClN2O4. The van der Waals surface area contributed by atoms with E-state index in [2.05, 4.69) is 10.6 Å². The van der Waals surface area contributed by atoms with Gasteiger partial charge in [0.25, 0.3) is 11.8 Å². The molecule has 1 aliphatic heterocycles. The Morgan fingerprint density at radius 2 is 1.90 bits per heavy atom. The Labute approximate surface area is 184 Å². The van der Waals surface area contributed by atoms with Crippen LogP contribution in [0.25, 0.3) is 6.08 Å². The Morgan fingerprint density at radius 1 is 1.13 bits per heavy atom. The van der Waals surface area contributed by atoms with Gasteiger partial charge in [-0.05, 0) is 48.0 Å². The molecule has 4 rings (SSSR count). The van der Waals surface area contributed by atoms with Crippen LogP contribution in [0.1, 0.15) is 21.5 Å². The van der Waals surface area contributed by atoms with Gasteiger partial charge >= 0.3 is 0 Å². The molecule has 0 aromatic heterocycles. The van der Waals surface area contributed by atoms with Crippen LogP contribution < -0.4 is 20.1 Å². The zero-order valence-electron chi connectivity index (χ0n) is 16.6. The third kappa shape index (κ3) is 4.70. The fourth-order valence-electron chi connectivity index (χ4n) is 3.14. The van der Waals surface area contributed by atoms with Gasteiger partial charge in [-0.1, -0.05) is 41.9 Å². The molecule has 7 heteroatoms. The highest BCUT2D eigenvalue weighted by atomic mass is 35.5. The van der Waals surface area contributed by atoms with Gasteiger partial charge in [-0.3, -0.25) is 9.59 Å². The van der Waals surface area contributed by atoms with E-state index >= 15 is 0 Å². The molecule has 1 heterocycles. The minimum atomic E-state index is -0.394. The van der Waals surface area contributed by atoms with Crippen LogP contribution in [0.15, 0.2) is 72.5 Å². The summed E-state index contributed by atoms with van der Waals surface area (Å²) in [7, 11) is 1.59. The van der Waals surface area contributed by atoms with E-state index in [0.717, 1.165) is 11.1 Å². The number of para-hydroxylation sites is 1. The van der Waals surface area contributed by atoms with Gasteiger partial charge in [0.2, 0.25) is 0 Å². The van der Waals surface area contributed by atoms with Gasteiger partial charge in [0.05, 0.1) is 12.8 Å². The van der Waals surface area contributed by atoms with Crippen molar-refractivity contribution in [2.75, 3.05) is 12.4 Å².